The molecule has 1 atom stereocenters. The quantitative estimate of drug-likeness (QED) is 0.849. The molecule has 0 saturated carbocycles. The molecule has 23 heavy (non-hydrogen) atoms. The van der Waals surface area contributed by atoms with Crippen molar-refractivity contribution in [1.82, 2.24) is 9.91 Å². The molecule has 1 amide bonds. The van der Waals surface area contributed by atoms with Gasteiger partial charge in [0.25, 0.3) is 5.91 Å². The number of hydrogen-bond acceptors (Lipinski definition) is 5. The van der Waals surface area contributed by atoms with Crippen LogP contribution < -0.4 is 0 Å². The van der Waals surface area contributed by atoms with E-state index in [0.29, 0.717) is 6.54 Å². The molecule has 0 N–H and O–H groups in total. The Morgan fingerprint density at radius 1 is 1.17 bits per heavy atom. The molecule has 120 valence electrons. The van der Waals surface area contributed by atoms with Crippen molar-refractivity contribution in [3.8, 4) is 0 Å². The molecule has 6 heteroatoms. The minimum absolute atomic E-state index is 0.0576. The summed E-state index contributed by atoms with van der Waals surface area (Å²) in [6.45, 7) is 2.55. The summed E-state index contributed by atoms with van der Waals surface area (Å²) in [4.78, 5) is 17.4. The van der Waals surface area contributed by atoms with Crippen LogP contribution in [0.25, 0.3) is 0 Å². The van der Waals surface area contributed by atoms with E-state index < -0.39 is 0 Å². The van der Waals surface area contributed by atoms with Gasteiger partial charge in [0.05, 0.1) is 23.2 Å². The van der Waals surface area contributed by atoms with E-state index in [1.165, 1.54) is 22.6 Å². The Labute approximate surface area is 144 Å². The Hall–Kier alpha value is -1.50. The molecule has 2 aliphatic heterocycles. The molecule has 2 aliphatic rings. The second-order valence-corrected chi connectivity index (χ2v) is 7.91. The largest absolute Gasteiger partial charge is 0.294 e. The summed E-state index contributed by atoms with van der Waals surface area (Å²) in [5.74, 6) is 0.122. The van der Waals surface area contributed by atoms with Gasteiger partial charge in [0.2, 0.25) is 0 Å². The second kappa shape index (κ2) is 6.55. The summed E-state index contributed by atoms with van der Waals surface area (Å²) < 4.78 is 0. The predicted octanol–water partition coefficient (Wildman–Crippen LogP) is 3.58. The second-order valence-electron chi connectivity index (χ2n) is 5.98. The van der Waals surface area contributed by atoms with Crippen molar-refractivity contribution in [1.29, 1.82) is 0 Å². The van der Waals surface area contributed by atoms with Crippen molar-refractivity contribution >= 4 is 34.3 Å². The highest BCUT2D eigenvalue weighted by Crippen LogP contribution is 2.36. The van der Waals surface area contributed by atoms with Gasteiger partial charge < -0.3 is 0 Å². The molecule has 0 aliphatic carbocycles. The molecule has 0 radical (unpaired) electrons. The third-order valence-electron chi connectivity index (χ3n) is 4.40. The van der Waals surface area contributed by atoms with Crippen molar-refractivity contribution in [3.05, 3.63) is 44.8 Å². The van der Waals surface area contributed by atoms with Crippen molar-refractivity contribution in [2.75, 3.05) is 19.6 Å². The van der Waals surface area contributed by atoms with E-state index in [2.05, 4.69) is 27.8 Å². The lowest BCUT2D eigenvalue weighted by atomic mass is 10.1. The van der Waals surface area contributed by atoms with Gasteiger partial charge in [-0.25, -0.2) is 5.01 Å². The predicted molar refractivity (Wildman–Crippen MR) is 95.1 cm³/mol. The maximum Gasteiger partial charge on any atom is 0.257 e. The lowest BCUT2D eigenvalue weighted by Gasteiger charge is -2.23. The van der Waals surface area contributed by atoms with E-state index in [9.17, 15) is 4.79 Å². The molecule has 4 nitrogen and oxygen atoms in total. The highest BCUT2D eigenvalue weighted by molar-refractivity contribution is 7.12. The first-order valence-electron chi connectivity index (χ1n) is 8.00. The van der Waals surface area contributed by atoms with Crippen LogP contribution in [0.5, 0.6) is 0 Å². The van der Waals surface area contributed by atoms with Crippen molar-refractivity contribution in [3.63, 3.8) is 0 Å². The number of hydrogen-bond donors (Lipinski definition) is 0. The Bertz CT molecular complexity index is 688. The Kier molecular flexibility index (Phi) is 4.29. The minimum Gasteiger partial charge on any atom is -0.294 e. The van der Waals surface area contributed by atoms with Crippen LogP contribution in [0.1, 0.15) is 35.1 Å². The number of amides is 1. The smallest absolute Gasteiger partial charge is 0.257 e. The van der Waals surface area contributed by atoms with Gasteiger partial charge in [0.1, 0.15) is 0 Å². The van der Waals surface area contributed by atoms with Crippen molar-refractivity contribution in [2.24, 2.45) is 5.10 Å². The molecule has 1 unspecified atom stereocenters. The molecular weight excluding hydrogens is 326 g/mol. The van der Waals surface area contributed by atoms with Gasteiger partial charge in [-0.15, -0.1) is 22.7 Å². The third-order valence-corrected chi connectivity index (χ3v) is 6.29. The lowest BCUT2D eigenvalue weighted by molar-refractivity contribution is -0.133. The van der Waals surface area contributed by atoms with Crippen LogP contribution in [0.4, 0.5) is 0 Å². The molecule has 4 heterocycles. The number of carbonyl (C=O) groups is 1. The molecule has 0 spiro atoms. The monoisotopic (exact) mass is 345 g/mol. The summed E-state index contributed by atoms with van der Waals surface area (Å²) in [7, 11) is 0. The summed E-state index contributed by atoms with van der Waals surface area (Å²) >= 11 is 3.40. The molecule has 1 fully saturated rings. The maximum absolute atomic E-state index is 12.8. The fraction of sp³-hybridized carbons (Fsp3) is 0.412. The van der Waals surface area contributed by atoms with E-state index in [4.69, 9.17) is 5.10 Å². The average Bonchev–Trinajstić information content (AvgIpc) is 3.30. The van der Waals surface area contributed by atoms with E-state index >= 15 is 0 Å². The SMILES string of the molecule is O=C(CN1CCCC1)N1N=C(c2cccs2)CC1c1cccs1. The highest BCUT2D eigenvalue weighted by Gasteiger charge is 2.34. The number of nitrogens with zero attached hydrogens (tertiary/aromatic N) is 3. The van der Waals surface area contributed by atoms with Gasteiger partial charge in [-0.1, -0.05) is 12.1 Å². The van der Waals surface area contributed by atoms with Gasteiger partial charge in [-0.3, -0.25) is 9.69 Å². The Balaban J connectivity index is 1.57. The van der Waals surface area contributed by atoms with Crippen LogP contribution in [0.2, 0.25) is 0 Å². The Morgan fingerprint density at radius 3 is 2.65 bits per heavy atom. The fourth-order valence-corrected chi connectivity index (χ4v) is 4.77. The first kappa shape index (κ1) is 15.1. The number of carbonyl (C=O) groups excluding carboxylic acids is 1. The van der Waals surface area contributed by atoms with Gasteiger partial charge in [0.15, 0.2) is 0 Å². The van der Waals surface area contributed by atoms with Crippen LogP contribution in [-0.2, 0) is 4.79 Å². The van der Waals surface area contributed by atoms with Crippen LogP contribution in [0.3, 0.4) is 0 Å². The van der Waals surface area contributed by atoms with Crippen LogP contribution in [0, 0.1) is 0 Å². The first-order chi connectivity index (χ1) is 11.3. The van der Waals surface area contributed by atoms with Gasteiger partial charge >= 0.3 is 0 Å². The van der Waals surface area contributed by atoms with Gasteiger partial charge in [0, 0.05) is 11.3 Å². The van der Waals surface area contributed by atoms with Crippen LogP contribution in [0.15, 0.2) is 40.1 Å². The number of rotatable bonds is 4. The summed E-state index contributed by atoms with van der Waals surface area (Å²) in [5.41, 5.74) is 1.04. The van der Waals surface area contributed by atoms with Crippen LogP contribution >= 0.6 is 22.7 Å². The summed E-state index contributed by atoms with van der Waals surface area (Å²) in [5, 5.41) is 10.6. The van der Waals surface area contributed by atoms with Crippen molar-refractivity contribution in [2.45, 2.75) is 25.3 Å². The van der Waals surface area contributed by atoms with E-state index in [1.807, 2.05) is 12.1 Å². The number of thiophene rings is 2. The standard InChI is InChI=1S/C17H19N3OS2/c21-17(12-19-7-1-2-8-19)20-14(16-6-4-10-23-16)11-13(18-20)15-5-3-9-22-15/h3-6,9-10,14H,1-2,7-8,11-12H2. The van der Waals surface area contributed by atoms with Crippen LogP contribution in [-0.4, -0.2) is 41.2 Å². The zero-order valence-corrected chi connectivity index (χ0v) is 14.5. The molecule has 2 aromatic heterocycles. The number of hydrazone groups is 1. The summed E-state index contributed by atoms with van der Waals surface area (Å²) in [6, 6.07) is 8.34. The van der Waals surface area contributed by atoms with Gasteiger partial charge in [-0.05, 0) is 48.8 Å². The molecule has 0 bridgehead atoms. The third kappa shape index (κ3) is 3.11. The molecule has 4 rings (SSSR count). The highest BCUT2D eigenvalue weighted by atomic mass is 32.1. The normalized spacial score (nSPS) is 21.8. The fourth-order valence-electron chi connectivity index (χ4n) is 3.24. The average molecular weight is 345 g/mol. The molecule has 0 aromatic carbocycles. The zero-order valence-electron chi connectivity index (χ0n) is 12.9. The molecular formula is C17H19N3OS2. The zero-order chi connectivity index (χ0) is 15.6. The topological polar surface area (TPSA) is 35.9 Å². The van der Waals surface area contributed by atoms with Gasteiger partial charge in [-0.2, -0.15) is 5.10 Å². The Morgan fingerprint density at radius 2 is 1.96 bits per heavy atom. The maximum atomic E-state index is 12.8. The van der Waals surface area contributed by atoms with Crippen molar-refractivity contribution < 1.29 is 4.79 Å². The van der Waals surface area contributed by atoms with E-state index in [1.54, 1.807) is 27.7 Å². The molecule has 1 saturated heterocycles. The number of likely N-dealkylation sites (tertiary alicyclic amines) is 1. The molecule has 2 aromatic rings. The van der Waals surface area contributed by atoms with E-state index in [0.717, 1.165) is 25.2 Å². The summed E-state index contributed by atoms with van der Waals surface area (Å²) in [6.07, 6.45) is 3.21. The lowest BCUT2D eigenvalue weighted by Crippen LogP contribution is -2.36. The first-order valence-corrected chi connectivity index (χ1v) is 9.76. The van der Waals surface area contributed by atoms with E-state index in [-0.39, 0.29) is 11.9 Å². The minimum atomic E-state index is 0.0576.